The van der Waals surface area contributed by atoms with Gasteiger partial charge in [-0.1, -0.05) is 12.8 Å². The molecule has 0 aliphatic heterocycles. The Morgan fingerprint density at radius 1 is 1.50 bits per heavy atom. The van der Waals surface area contributed by atoms with Crippen LogP contribution in [-0.2, 0) is 0 Å². The van der Waals surface area contributed by atoms with E-state index >= 15 is 0 Å². The van der Waals surface area contributed by atoms with E-state index in [4.69, 9.17) is 5.73 Å². The fourth-order valence-corrected chi connectivity index (χ4v) is 1.87. The van der Waals surface area contributed by atoms with Crippen LogP contribution >= 0.6 is 0 Å². The van der Waals surface area contributed by atoms with Gasteiger partial charge in [0.25, 0.3) is 0 Å². The summed E-state index contributed by atoms with van der Waals surface area (Å²) < 4.78 is 1.89. The van der Waals surface area contributed by atoms with Crippen molar-refractivity contribution in [2.24, 2.45) is 5.92 Å². The van der Waals surface area contributed by atoms with Gasteiger partial charge < -0.3 is 15.5 Å². The number of rotatable bonds is 4. The molecule has 0 unspecified atom stereocenters. The fourth-order valence-electron chi connectivity index (χ4n) is 1.87. The lowest BCUT2D eigenvalue weighted by molar-refractivity contribution is 0.758. The second-order valence-corrected chi connectivity index (χ2v) is 4.33. The first-order valence-electron chi connectivity index (χ1n) is 5.66. The quantitative estimate of drug-likeness (QED) is 0.814. The first kappa shape index (κ1) is 9.45. The van der Waals surface area contributed by atoms with Crippen molar-refractivity contribution in [3.05, 3.63) is 18.6 Å². The Bertz CT molecular complexity index is 500. The zero-order valence-corrected chi connectivity index (χ0v) is 9.06. The molecule has 0 amide bonds. The number of anilines is 2. The number of fused-ring (bicyclic) bond motifs is 1. The van der Waals surface area contributed by atoms with E-state index in [1.54, 1.807) is 12.4 Å². The number of nitrogens with one attached hydrogen (secondary N) is 1. The van der Waals surface area contributed by atoms with Gasteiger partial charge >= 0.3 is 0 Å². The molecule has 3 rings (SSSR count). The maximum atomic E-state index is 5.73. The maximum absolute atomic E-state index is 5.73. The molecule has 1 aliphatic carbocycles. The second kappa shape index (κ2) is 3.66. The number of aromatic nitrogens is 3. The van der Waals surface area contributed by atoms with Crippen molar-refractivity contribution in [1.82, 2.24) is 14.4 Å². The molecular formula is C11H15N5. The summed E-state index contributed by atoms with van der Waals surface area (Å²) in [5.74, 6) is 2.22. The lowest BCUT2D eigenvalue weighted by atomic mass is 10.3. The third-order valence-corrected chi connectivity index (χ3v) is 2.93. The first-order valence-corrected chi connectivity index (χ1v) is 5.66. The normalized spacial score (nSPS) is 15.5. The van der Waals surface area contributed by atoms with E-state index in [-0.39, 0.29) is 0 Å². The van der Waals surface area contributed by atoms with E-state index in [2.05, 4.69) is 15.3 Å². The van der Waals surface area contributed by atoms with E-state index in [9.17, 15) is 0 Å². The standard InChI is InChI=1S/C11H15N5/c12-9-7-16-6-5-14-11(16)10(15-9)13-4-3-8-1-2-8/h5-8H,1-4,12H2,(H,13,15). The van der Waals surface area contributed by atoms with Crippen LogP contribution in [0.1, 0.15) is 19.3 Å². The Morgan fingerprint density at radius 2 is 2.38 bits per heavy atom. The molecule has 1 aliphatic rings. The number of nitrogen functional groups attached to an aromatic ring is 1. The Hall–Kier alpha value is -1.78. The van der Waals surface area contributed by atoms with Gasteiger partial charge in [0.1, 0.15) is 5.82 Å². The Morgan fingerprint density at radius 3 is 3.19 bits per heavy atom. The lowest BCUT2D eigenvalue weighted by Gasteiger charge is -2.07. The van der Waals surface area contributed by atoms with Crippen molar-refractivity contribution in [3.63, 3.8) is 0 Å². The molecule has 0 saturated heterocycles. The highest BCUT2D eigenvalue weighted by atomic mass is 15.1. The van der Waals surface area contributed by atoms with Gasteiger partial charge in [-0.05, 0) is 12.3 Å². The number of nitrogens with zero attached hydrogens (tertiary/aromatic N) is 3. The van der Waals surface area contributed by atoms with Crippen LogP contribution in [0.3, 0.4) is 0 Å². The van der Waals surface area contributed by atoms with Crippen LogP contribution in [0.15, 0.2) is 18.6 Å². The molecule has 0 atom stereocenters. The molecule has 5 nitrogen and oxygen atoms in total. The molecule has 3 N–H and O–H groups in total. The molecule has 2 heterocycles. The highest BCUT2D eigenvalue weighted by Crippen LogP contribution is 2.32. The van der Waals surface area contributed by atoms with Gasteiger partial charge in [-0.2, -0.15) is 0 Å². The van der Waals surface area contributed by atoms with E-state index in [1.165, 1.54) is 19.3 Å². The van der Waals surface area contributed by atoms with E-state index in [0.717, 1.165) is 23.9 Å². The molecule has 84 valence electrons. The van der Waals surface area contributed by atoms with Crippen molar-refractivity contribution < 1.29 is 0 Å². The summed E-state index contributed by atoms with van der Waals surface area (Å²) >= 11 is 0. The highest BCUT2D eigenvalue weighted by Gasteiger charge is 2.20. The molecule has 0 spiro atoms. The van der Waals surface area contributed by atoms with Crippen molar-refractivity contribution in [2.45, 2.75) is 19.3 Å². The largest absolute Gasteiger partial charge is 0.382 e. The fraction of sp³-hybridized carbons (Fsp3) is 0.455. The molecule has 1 fully saturated rings. The van der Waals surface area contributed by atoms with Gasteiger partial charge in [-0.25, -0.2) is 9.97 Å². The Balaban J connectivity index is 1.80. The van der Waals surface area contributed by atoms with E-state index in [0.29, 0.717) is 5.82 Å². The van der Waals surface area contributed by atoms with Crippen molar-refractivity contribution in [3.8, 4) is 0 Å². The number of nitrogens with two attached hydrogens (primary N) is 1. The third-order valence-electron chi connectivity index (χ3n) is 2.93. The lowest BCUT2D eigenvalue weighted by Crippen LogP contribution is -2.07. The SMILES string of the molecule is Nc1cn2ccnc2c(NCCC2CC2)n1. The molecule has 2 aromatic rings. The van der Waals surface area contributed by atoms with Crippen molar-refractivity contribution >= 4 is 17.3 Å². The minimum atomic E-state index is 0.513. The first-order chi connectivity index (χ1) is 7.83. The third kappa shape index (κ3) is 1.80. The number of imidazole rings is 1. The summed E-state index contributed by atoms with van der Waals surface area (Å²) in [5, 5.41) is 3.31. The van der Waals surface area contributed by atoms with Crippen LogP contribution in [0.25, 0.3) is 5.65 Å². The topological polar surface area (TPSA) is 68.2 Å². The molecule has 0 aromatic carbocycles. The van der Waals surface area contributed by atoms with E-state index in [1.807, 2.05) is 10.6 Å². The summed E-state index contributed by atoms with van der Waals surface area (Å²) in [7, 11) is 0. The summed E-state index contributed by atoms with van der Waals surface area (Å²) in [4.78, 5) is 8.53. The number of hydrogen-bond donors (Lipinski definition) is 2. The van der Waals surface area contributed by atoms with Crippen LogP contribution in [0.4, 0.5) is 11.6 Å². The molecular weight excluding hydrogens is 202 g/mol. The molecule has 16 heavy (non-hydrogen) atoms. The van der Waals surface area contributed by atoms with Crippen molar-refractivity contribution in [1.29, 1.82) is 0 Å². The zero-order valence-electron chi connectivity index (χ0n) is 9.06. The molecule has 1 saturated carbocycles. The molecule has 5 heteroatoms. The van der Waals surface area contributed by atoms with Gasteiger partial charge in [-0.15, -0.1) is 0 Å². The summed E-state index contributed by atoms with van der Waals surface area (Å²) in [5.41, 5.74) is 6.57. The predicted molar refractivity (Wildman–Crippen MR) is 63.2 cm³/mol. The summed E-state index contributed by atoms with van der Waals surface area (Å²) in [6.45, 7) is 0.948. The van der Waals surface area contributed by atoms with Crippen LogP contribution in [0, 0.1) is 5.92 Å². The average Bonchev–Trinajstić information content (AvgIpc) is 2.95. The van der Waals surface area contributed by atoms with Gasteiger partial charge in [0.2, 0.25) is 0 Å². The summed E-state index contributed by atoms with van der Waals surface area (Å²) in [6, 6.07) is 0. The van der Waals surface area contributed by atoms with E-state index < -0.39 is 0 Å². The van der Waals surface area contributed by atoms with Crippen molar-refractivity contribution in [2.75, 3.05) is 17.6 Å². The molecule has 2 aromatic heterocycles. The van der Waals surface area contributed by atoms with Gasteiger partial charge in [0.15, 0.2) is 11.5 Å². The average molecular weight is 217 g/mol. The Kier molecular flexibility index (Phi) is 2.16. The van der Waals surface area contributed by atoms with Crippen LogP contribution in [0.5, 0.6) is 0 Å². The smallest absolute Gasteiger partial charge is 0.180 e. The minimum absolute atomic E-state index is 0.513. The van der Waals surface area contributed by atoms with Gasteiger partial charge in [-0.3, -0.25) is 0 Å². The van der Waals surface area contributed by atoms with Gasteiger partial charge in [0, 0.05) is 18.9 Å². The van der Waals surface area contributed by atoms with Crippen LogP contribution < -0.4 is 11.1 Å². The summed E-state index contributed by atoms with van der Waals surface area (Å²) in [6.07, 6.45) is 9.37. The number of hydrogen-bond acceptors (Lipinski definition) is 4. The van der Waals surface area contributed by atoms with Gasteiger partial charge in [0.05, 0.1) is 6.20 Å². The highest BCUT2D eigenvalue weighted by molar-refractivity contribution is 5.64. The zero-order chi connectivity index (χ0) is 11.0. The Labute approximate surface area is 93.7 Å². The molecule has 0 bridgehead atoms. The molecule has 0 radical (unpaired) electrons. The van der Waals surface area contributed by atoms with Crippen LogP contribution in [0.2, 0.25) is 0 Å². The predicted octanol–water partition coefficient (Wildman–Crippen LogP) is 1.52. The maximum Gasteiger partial charge on any atom is 0.180 e. The van der Waals surface area contributed by atoms with Crippen LogP contribution in [-0.4, -0.2) is 20.9 Å². The minimum Gasteiger partial charge on any atom is -0.382 e. The second-order valence-electron chi connectivity index (χ2n) is 4.33. The monoisotopic (exact) mass is 217 g/mol.